The summed E-state index contributed by atoms with van der Waals surface area (Å²) in [5.41, 5.74) is 7.07. The summed E-state index contributed by atoms with van der Waals surface area (Å²) in [5, 5.41) is 12.7. The minimum absolute atomic E-state index is 0.0222. The molecule has 2 atom stereocenters. The van der Waals surface area contributed by atoms with Crippen LogP contribution in [-0.2, 0) is 0 Å². The molecule has 0 bridgehead atoms. The smallest absolute Gasteiger partial charge is 0.255 e. The van der Waals surface area contributed by atoms with E-state index in [4.69, 9.17) is 5.73 Å². The van der Waals surface area contributed by atoms with Gasteiger partial charge in [-0.1, -0.05) is 19.9 Å². The molecule has 0 saturated heterocycles. The maximum atomic E-state index is 12.1. The topological polar surface area (TPSA) is 75.4 Å². The summed E-state index contributed by atoms with van der Waals surface area (Å²) in [6, 6.07) is 5.24. The molecule has 0 spiro atoms. The third-order valence-electron chi connectivity index (χ3n) is 4.05. The number of phenolic OH excluding ortho intramolecular Hbond substituents is 1. The molecule has 2 unspecified atom stereocenters. The number of hydrogen-bond donors (Lipinski definition) is 3. The number of nitrogens with one attached hydrogen (secondary N) is 1. The maximum Gasteiger partial charge on any atom is 0.255 e. The van der Waals surface area contributed by atoms with Gasteiger partial charge >= 0.3 is 0 Å². The van der Waals surface area contributed by atoms with E-state index in [0.717, 1.165) is 12.0 Å². The standard InChI is InChI=1S/C14H20N2O2/c1-8-4-5-9(10(17)6-8)13(18)16-12-7-11(15)14(12,2)3/h4-6,11-12,17H,7,15H2,1-3H3,(H,16,18). The Morgan fingerprint density at radius 2 is 2.17 bits per heavy atom. The molecule has 4 N–H and O–H groups in total. The van der Waals surface area contributed by atoms with Gasteiger partial charge in [0, 0.05) is 17.5 Å². The number of carbonyl (C=O) groups excluding carboxylic acids is 1. The number of benzene rings is 1. The number of carbonyl (C=O) groups is 1. The highest BCUT2D eigenvalue weighted by molar-refractivity contribution is 5.97. The molecule has 0 aromatic heterocycles. The van der Waals surface area contributed by atoms with E-state index in [1.165, 1.54) is 0 Å². The Labute approximate surface area is 107 Å². The summed E-state index contributed by atoms with van der Waals surface area (Å²) < 4.78 is 0. The van der Waals surface area contributed by atoms with E-state index in [2.05, 4.69) is 5.32 Å². The molecule has 4 nitrogen and oxygen atoms in total. The van der Waals surface area contributed by atoms with Crippen molar-refractivity contribution < 1.29 is 9.90 Å². The van der Waals surface area contributed by atoms with Gasteiger partial charge in [-0.3, -0.25) is 4.79 Å². The number of aromatic hydroxyl groups is 1. The first-order valence-electron chi connectivity index (χ1n) is 6.18. The van der Waals surface area contributed by atoms with Gasteiger partial charge in [0.2, 0.25) is 0 Å². The minimum Gasteiger partial charge on any atom is -0.507 e. The molecular weight excluding hydrogens is 228 g/mol. The first-order valence-corrected chi connectivity index (χ1v) is 6.18. The van der Waals surface area contributed by atoms with Gasteiger partial charge in [-0.15, -0.1) is 0 Å². The van der Waals surface area contributed by atoms with E-state index in [9.17, 15) is 9.90 Å². The Kier molecular flexibility index (Phi) is 3.07. The van der Waals surface area contributed by atoms with E-state index in [1.54, 1.807) is 12.1 Å². The molecule has 1 fully saturated rings. The monoisotopic (exact) mass is 248 g/mol. The average molecular weight is 248 g/mol. The van der Waals surface area contributed by atoms with Gasteiger partial charge in [0.05, 0.1) is 5.56 Å². The summed E-state index contributed by atoms with van der Waals surface area (Å²) in [6.07, 6.45) is 0.783. The predicted molar refractivity (Wildman–Crippen MR) is 70.5 cm³/mol. The Bertz CT molecular complexity index is 483. The Hall–Kier alpha value is -1.55. The van der Waals surface area contributed by atoms with Crippen LogP contribution in [0.15, 0.2) is 18.2 Å². The van der Waals surface area contributed by atoms with Gasteiger partial charge in [-0.25, -0.2) is 0 Å². The van der Waals surface area contributed by atoms with E-state index in [1.807, 2.05) is 26.8 Å². The highest BCUT2D eigenvalue weighted by atomic mass is 16.3. The third kappa shape index (κ3) is 2.08. The van der Waals surface area contributed by atoms with E-state index in [0.29, 0.717) is 5.56 Å². The van der Waals surface area contributed by atoms with Crippen molar-refractivity contribution in [3.8, 4) is 5.75 Å². The first kappa shape index (κ1) is 12.9. The molecule has 1 aromatic carbocycles. The van der Waals surface area contributed by atoms with Gasteiger partial charge < -0.3 is 16.2 Å². The van der Waals surface area contributed by atoms with Crippen molar-refractivity contribution >= 4 is 5.91 Å². The third-order valence-corrected chi connectivity index (χ3v) is 4.05. The van der Waals surface area contributed by atoms with Crippen LogP contribution in [0.5, 0.6) is 5.75 Å². The van der Waals surface area contributed by atoms with Crippen LogP contribution in [0.3, 0.4) is 0 Å². The van der Waals surface area contributed by atoms with Gasteiger partial charge in [0.25, 0.3) is 5.91 Å². The predicted octanol–water partition coefficient (Wildman–Crippen LogP) is 1.56. The fourth-order valence-corrected chi connectivity index (χ4v) is 2.27. The van der Waals surface area contributed by atoms with Crippen molar-refractivity contribution in [3.05, 3.63) is 29.3 Å². The van der Waals surface area contributed by atoms with E-state index in [-0.39, 0.29) is 29.2 Å². The molecule has 18 heavy (non-hydrogen) atoms. The molecule has 1 amide bonds. The number of hydrogen-bond acceptors (Lipinski definition) is 3. The lowest BCUT2D eigenvalue weighted by Crippen LogP contribution is -2.64. The van der Waals surface area contributed by atoms with Crippen LogP contribution in [0.1, 0.15) is 36.2 Å². The summed E-state index contributed by atoms with van der Waals surface area (Å²) in [4.78, 5) is 12.1. The van der Waals surface area contributed by atoms with Crippen molar-refractivity contribution in [1.29, 1.82) is 0 Å². The van der Waals surface area contributed by atoms with Gasteiger partial charge in [-0.05, 0) is 31.0 Å². The second-order valence-corrected chi connectivity index (χ2v) is 5.71. The van der Waals surface area contributed by atoms with Crippen LogP contribution in [0.4, 0.5) is 0 Å². The van der Waals surface area contributed by atoms with Crippen LogP contribution in [0.25, 0.3) is 0 Å². The highest BCUT2D eigenvalue weighted by Crippen LogP contribution is 2.39. The lowest BCUT2D eigenvalue weighted by atomic mass is 9.63. The molecule has 2 rings (SSSR count). The van der Waals surface area contributed by atoms with Crippen molar-refractivity contribution in [2.45, 2.75) is 39.3 Å². The lowest BCUT2D eigenvalue weighted by molar-refractivity contribution is 0.0585. The van der Waals surface area contributed by atoms with Crippen LogP contribution < -0.4 is 11.1 Å². The fraction of sp³-hybridized carbons (Fsp3) is 0.500. The zero-order valence-corrected chi connectivity index (χ0v) is 11.0. The summed E-state index contributed by atoms with van der Waals surface area (Å²) in [6.45, 7) is 5.96. The SMILES string of the molecule is Cc1ccc(C(=O)NC2CC(N)C2(C)C)c(O)c1. The maximum absolute atomic E-state index is 12.1. The highest BCUT2D eigenvalue weighted by Gasteiger charge is 2.46. The van der Waals surface area contributed by atoms with E-state index < -0.39 is 0 Å². The molecule has 1 saturated carbocycles. The molecule has 1 aliphatic carbocycles. The van der Waals surface area contributed by atoms with Crippen molar-refractivity contribution in [1.82, 2.24) is 5.32 Å². The summed E-state index contributed by atoms with van der Waals surface area (Å²) in [5.74, 6) is -0.216. The number of nitrogens with two attached hydrogens (primary N) is 1. The number of aryl methyl sites for hydroxylation is 1. The normalized spacial score (nSPS) is 25.3. The second kappa shape index (κ2) is 4.28. The van der Waals surface area contributed by atoms with Gasteiger partial charge in [-0.2, -0.15) is 0 Å². The quantitative estimate of drug-likeness (QED) is 0.743. The molecule has 98 valence electrons. The number of phenols is 1. The summed E-state index contributed by atoms with van der Waals surface area (Å²) in [7, 11) is 0. The lowest BCUT2D eigenvalue weighted by Gasteiger charge is -2.50. The first-order chi connectivity index (χ1) is 8.32. The molecular formula is C14H20N2O2. The number of amides is 1. The Balaban J connectivity index is 2.09. The largest absolute Gasteiger partial charge is 0.507 e. The molecule has 1 aromatic rings. The van der Waals surface area contributed by atoms with Crippen LogP contribution >= 0.6 is 0 Å². The Morgan fingerprint density at radius 1 is 1.50 bits per heavy atom. The van der Waals surface area contributed by atoms with Crippen molar-refractivity contribution in [2.75, 3.05) is 0 Å². The van der Waals surface area contributed by atoms with Crippen LogP contribution in [-0.4, -0.2) is 23.1 Å². The zero-order valence-electron chi connectivity index (χ0n) is 11.0. The van der Waals surface area contributed by atoms with Gasteiger partial charge in [0.1, 0.15) is 5.75 Å². The number of rotatable bonds is 2. The minimum atomic E-state index is -0.238. The molecule has 1 aliphatic rings. The molecule has 0 radical (unpaired) electrons. The van der Waals surface area contributed by atoms with E-state index >= 15 is 0 Å². The summed E-state index contributed by atoms with van der Waals surface area (Å²) >= 11 is 0. The van der Waals surface area contributed by atoms with Crippen molar-refractivity contribution in [2.24, 2.45) is 11.1 Å². The molecule has 0 aliphatic heterocycles. The van der Waals surface area contributed by atoms with Crippen molar-refractivity contribution in [3.63, 3.8) is 0 Å². The zero-order chi connectivity index (χ0) is 13.5. The second-order valence-electron chi connectivity index (χ2n) is 5.71. The fourth-order valence-electron chi connectivity index (χ4n) is 2.27. The van der Waals surface area contributed by atoms with Crippen LogP contribution in [0, 0.1) is 12.3 Å². The van der Waals surface area contributed by atoms with Gasteiger partial charge in [0.15, 0.2) is 0 Å². The molecule has 0 heterocycles. The average Bonchev–Trinajstić information content (AvgIpc) is 2.28. The van der Waals surface area contributed by atoms with Crippen LogP contribution in [0.2, 0.25) is 0 Å². The molecule has 4 heteroatoms. The Morgan fingerprint density at radius 3 is 2.67 bits per heavy atom.